The van der Waals surface area contributed by atoms with Crippen molar-refractivity contribution >= 4 is 29.0 Å². The lowest BCUT2D eigenvalue weighted by Gasteiger charge is -2.23. The van der Waals surface area contributed by atoms with Gasteiger partial charge in [-0.15, -0.1) is 0 Å². The number of fused-ring (bicyclic) bond motifs is 3. The summed E-state index contributed by atoms with van der Waals surface area (Å²) in [4.78, 5) is 13.1. The van der Waals surface area contributed by atoms with E-state index in [4.69, 9.17) is 22.7 Å². The second-order valence-electron chi connectivity index (χ2n) is 7.33. The fourth-order valence-electron chi connectivity index (χ4n) is 3.75. The number of carbonyl (C=O) groups excluding carboxylic acids is 1. The van der Waals surface area contributed by atoms with Gasteiger partial charge < -0.3 is 16.7 Å². The van der Waals surface area contributed by atoms with Gasteiger partial charge in [-0.05, 0) is 11.1 Å². The molecule has 0 saturated heterocycles. The third-order valence-corrected chi connectivity index (χ3v) is 5.28. The summed E-state index contributed by atoms with van der Waals surface area (Å²) in [5, 5.41) is 25.0. The van der Waals surface area contributed by atoms with Gasteiger partial charge in [0.05, 0.1) is 11.4 Å². The SMILES string of the molecule is N=C(N)/C(=N\O)N(N)/C(=C(\N)C(=O)NN=C1c2ccccc2-c2ccccc21)c1ccccc1. The van der Waals surface area contributed by atoms with Crippen LogP contribution in [0.5, 0.6) is 0 Å². The summed E-state index contributed by atoms with van der Waals surface area (Å²) in [7, 11) is 0. The highest BCUT2D eigenvalue weighted by atomic mass is 16.4. The van der Waals surface area contributed by atoms with E-state index in [2.05, 4.69) is 15.7 Å². The Kier molecular flexibility index (Phi) is 6.06. The molecule has 3 aromatic rings. The molecule has 0 radical (unpaired) electrons. The van der Waals surface area contributed by atoms with Crippen LogP contribution >= 0.6 is 0 Å². The predicted molar refractivity (Wildman–Crippen MR) is 130 cm³/mol. The Labute approximate surface area is 195 Å². The van der Waals surface area contributed by atoms with Crippen LogP contribution in [0.15, 0.2) is 94.8 Å². The molecule has 0 spiro atoms. The molecule has 0 aliphatic heterocycles. The highest BCUT2D eigenvalue weighted by molar-refractivity contribution is 6.39. The summed E-state index contributed by atoms with van der Waals surface area (Å²) in [5.41, 5.74) is 18.6. The average molecular weight is 454 g/mol. The van der Waals surface area contributed by atoms with Gasteiger partial charge in [-0.25, -0.2) is 11.3 Å². The van der Waals surface area contributed by atoms with Crippen LogP contribution in [0.1, 0.15) is 16.7 Å². The van der Waals surface area contributed by atoms with Crippen molar-refractivity contribution < 1.29 is 10.0 Å². The maximum atomic E-state index is 13.1. The zero-order valence-electron chi connectivity index (χ0n) is 17.9. The maximum absolute atomic E-state index is 13.1. The molecule has 0 heterocycles. The van der Waals surface area contributed by atoms with E-state index in [1.807, 2.05) is 48.5 Å². The number of benzene rings is 3. The molecule has 0 bridgehead atoms. The van der Waals surface area contributed by atoms with E-state index in [1.54, 1.807) is 30.3 Å². The Hall–Kier alpha value is -4.96. The number of hydrazine groups is 1. The molecule has 170 valence electrons. The van der Waals surface area contributed by atoms with E-state index in [9.17, 15) is 10.0 Å². The van der Waals surface area contributed by atoms with Crippen LogP contribution in [0.3, 0.4) is 0 Å². The number of hydrogen-bond acceptors (Lipinski definition) is 7. The summed E-state index contributed by atoms with van der Waals surface area (Å²) in [5.74, 6) is 4.21. The molecule has 0 unspecified atom stereocenters. The second-order valence-corrected chi connectivity index (χ2v) is 7.33. The zero-order valence-corrected chi connectivity index (χ0v) is 17.9. The van der Waals surface area contributed by atoms with Crippen LogP contribution in [0, 0.1) is 5.41 Å². The molecule has 4 rings (SSSR count). The summed E-state index contributed by atoms with van der Waals surface area (Å²) < 4.78 is 0. The van der Waals surface area contributed by atoms with Crippen molar-refractivity contribution in [2.75, 3.05) is 0 Å². The number of rotatable bonds is 4. The first-order chi connectivity index (χ1) is 16.4. The van der Waals surface area contributed by atoms with Crippen molar-refractivity contribution in [2.24, 2.45) is 27.6 Å². The first-order valence-electron chi connectivity index (χ1n) is 10.2. The third-order valence-electron chi connectivity index (χ3n) is 5.28. The zero-order chi connectivity index (χ0) is 24.2. The van der Waals surface area contributed by atoms with Crippen molar-refractivity contribution in [3.05, 3.63) is 101 Å². The molecule has 1 aliphatic rings. The van der Waals surface area contributed by atoms with Gasteiger partial charge in [0.15, 0.2) is 5.84 Å². The van der Waals surface area contributed by atoms with Crippen molar-refractivity contribution in [3.8, 4) is 11.1 Å². The van der Waals surface area contributed by atoms with Crippen molar-refractivity contribution in [3.63, 3.8) is 0 Å². The number of hydrazone groups is 1. The minimum absolute atomic E-state index is 0.0199. The summed E-state index contributed by atoms with van der Waals surface area (Å²) in [6, 6.07) is 24.0. The first-order valence-corrected chi connectivity index (χ1v) is 10.2. The molecular weight excluding hydrogens is 432 g/mol. The molecule has 34 heavy (non-hydrogen) atoms. The Morgan fingerprint density at radius 1 is 0.853 bits per heavy atom. The van der Waals surface area contributed by atoms with Crippen LogP contribution < -0.4 is 22.7 Å². The fourth-order valence-corrected chi connectivity index (χ4v) is 3.75. The Morgan fingerprint density at radius 3 is 1.85 bits per heavy atom. The normalized spacial score (nSPS) is 12.9. The minimum atomic E-state index is -0.746. The van der Waals surface area contributed by atoms with Crippen LogP contribution in [-0.4, -0.2) is 33.5 Å². The molecule has 10 heteroatoms. The Bertz CT molecular complexity index is 1310. The number of oxime groups is 1. The van der Waals surface area contributed by atoms with Gasteiger partial charge >= 0.3 is 0 Å². The highest BCUT2D eigenvalue weighted by Crippen LogP contribution is 2.36. The lowest BCUT2D eigenvalue weighted by Crippen LogP contribution is -2.45. The molecule has 10 nitrogen and oxygen atoms in total. The highest BCUT2D eigenvalue weighted by Gasteiger charge is 2.26. The number of amidine groups is 2. The van der Waals surface area contributed by atoms with E-state index < -0.39 is 17.6 Å². The molecule has 3 aromatic carbocycles. The van der Waals surface area contributed by atoms with Crippen LogP contribution in [0.2, 0.25) is 0 Å². The number of hydrogen-bond donors (Lipinski definition) is 6. The van der Waals surface area contributed by atoms with Gasteiger partial charge in [-0.2, -0.15) is 5.10 Å². The summed E-state index contributed by atoms with van der Waals surface area (Å²) in [6.07, 6.45) is 0. The van der Waals surface area contributed by atoms with E-state index >= 15 is 0 Å². The molecule has 0 atom stereocenters. The number of nitrogens with one attached hydrogen (secondary N) is 2. The largest absolute Gasteiger partial charge is 0.409 e. The molecule has 1 amide bonds. The third kappa shape index (κ3) is 3.96. The fraction of sp³-hybridized carbons (Fsp3) is 0. The average Bonchev–Trinajstić information content (AvgIpc) is 3.17. The van der Waals surface area contributed by atoms with Crippen molar-refractivity contribution in [1.82, 2.24) is 10.4 Å². The lowest BCUT2D eigenvalue weighted by atomic mass is 10.1. The van der Waals surface area contributed by atoms with Gasteiger partial charge in [0.25, 0.3) is 5.91 Å². The van der Waals surface area contributed by atoms with Gasteiger partial charge in [0.2, 0.25) is 5.84 Å². The summed E-state index contributed by atoms with van der Waals surface area (Å²) >= 11 is 0. The molecule has 0 saturated carbocycles. The van der Waals surface area contributed by atoms with E-state index in [0.717, 1.165) is 27.3 Å². The predicted octanol–water partition coefficient (Wildman–Crippen LogP) is 1.76. The van der Waals surface area contributed by atoms with Gasteiger partial charge in [-0.1, -0.05) is 84.0 Å². The number of carbonyl (C=O) groups is 1. The Balaban J connectivity index is 1.74. The minimum Gasteiger partial charge on any atom is -0.409 e. The van der Waals surface area contributed by atoms with Crippen LogP contribution in [0.4, 0.5) is 0 Å². The monoisotopic (exact) mass is 454 g/mol. The van der Waals surface area contributed by atoms with Crippen LogP contribution in [0.25, 0.3) is 16.8 Å². The first kappa shape index (κ1) is 22.2. The van der Waals surface area contributed by atoms with E-state index in [1.165, 1.54) is 0 Å². The molecule has 0 aromatic heterocycles. The van der Waals surface area contributed by atoms with Crippen LogP contribution in [-0.2, 0) is 4.79 Å². The van der Waals surface area contributed by atoms with Gasteiger partial charge in [0.1, 0.15) is 5.70 Å². The number of amides is 1. The van der Waals surface area contributed by atoms with Crippen molar-refractivity contribution in [2.45, 2.75) is 0 Å². The second kappa shape index (κ2) is 9.27. The smallest absolute Gasteiger partial charge is 0.289 e. The summed E-state index contributed by atoms with van der Waals surface area (Å²) in [6.45, 7) is 0. The Morgan fingerprint density at radius 2 is 1.35 bits per heavy atom. The van der Waals surface area contributed by atoms with Crippen molar-refractivity contribution in [1.29, 1.82) is 5.41 Å². The van der Waals surface area contributed by atoms with E-state index in [0.29, 0.717) is 11.3 Å². The molecular formula is C24H22N8O2. The van der Waals surface area contributed by atoms with E-state index in [-0.39, 0.29) is 11.4 Å². The lowest BCUT2D eigenvalue weighted by molar-refractivity contribution is -0.117. The van der Waals surface area contributed by atoms with Gasteiger partial charge in [-0.3, -0.25) is 15.2 Å². The van der Waals surface area contributed by atoms with Gasteiger partial charge in [0, 0.05) is 16.7 Å². The maximum Gasteiger partial charge on any atom is 0.289 e. The molecule has 0 fully saturated rings. The molecule has 1 aliphatic carbocycles. The molecule has 9 N–H and O–H groups in total. The quantitative estimate of drug-likeness (QED) is 0.0682. The number of nitrogens with zero attached hydrogens (tertiary/aromatic N) is 3. The number of nitrogens with two attached hydrogens (primary N) is 3. The topological polar surface area (TPSA) is 179 Å². The standard InChI is InChI=1S/C24H22N8O2/c25-19(21(14-8-2-1-3-9-14)32(28)23(31-34)22(26)27)24(33)30-29-20-17-12-6-4-10-15(17)16-11-5-7-13-18(16)20/h1-13,34H,25,28H2,(H3,26,27)(H,30,33)/b21-19-,31-23+.